The first-order valence-corrected chi connectivity index (χ1v) is 13.3. The second-order valence-electron chi connectivity index (χ2n) is 10.2. The molecule has 0 spiro atoms. The van der Waals surface area contributed by atoms with Crippen molar-refractivity contribution in [3.05, 3.63) is 67.5 Å². The average molecular weight is 518 g/mol. The van der Waals surface area contributed by atoms with Gasteiger partial charge in [0.25, 0.3) is 0 Å². The lowest BCUT2D eigenvalue weighted by molar-refractivity contribution is -0.117. The number of benzene rings is 1. The molecule has 1 aliphatic carbocycles. The third-order valence-electron chi connectivity index (χ3n) is 7.53. The van der Waals surface area contributed by atoms with Gasteiger partial charge in [-0.2, -0.15) is 5.10 Å². The largest absolute Gasteiger partial charge is 0.472 e. The maximum atomic E-state index is 12.7. The number of nitrogens with one attached hydrogen (secondary N) is 3. The van der Waals surface area contributed by atoms with E-state index in [1.165, 1.54) is 19.3 Å². The third-order valence-corrected chi connectivity index (χ3v) is 7.53. The number of imidazole rings is 1. The molecule has 1 saturated carbocycles. The second kappa shape index (κ2) is 9.83. The highest BCUT2D eigenvalue weighted by molar-refractivity contribution is 5.98. The molecule has 194 valence electrons. The lowest BCUT2D eigenvalue weighted by Gasteiger charge is -2.20. The Hall–Kier alpha value is -4.79. The van der Waals surface area contributed by atoms with E-state index in [0.717, 1.165) is 57.2 Å². The summed E-state index contributed by atoms with van der Waals surface area (Å²) < 4.78 is 5.28. The van der Waals surface area contributed by atoms with Crippen molar-refractivity contribution in [3.8, 4) is 33.9 Å². The molecule has 5 heterocycles. The number of carbonyl (C=O) groups is 1. The Morgan fingerprint density at radius 2 is 1.95 bits per heavy atom. The Bertz CT molecular complexity index is 1780. The molecule has 5 aromatic heterocycles. The standard InChI is InChI=1S/C30H27N7O2/c38-27(11-18-5-2-1-3-6-18)33-21-12-20(14-31-15-21)25-13-23-26(16-32-25)36-37-29(23)30-34-24-8-4-7-22(28(24)35-30)19-9-10-39-17-19/h4,7-10,12-18H,1-3,5-6,11H2,(H,33,38)(H,34,35)(H,36,37). The molecule has 9 heteroatoms. The van der Waals surface area contributed by atoms with Gasteiger partial charge in [-0.05, 0) is 43.0 Å². The number of anilines is 1. The summed E-state index contributed by atoms with van der Waals surface area (Å²) in [5.41, 5.74) is 7.43. The van der Waals surface area contributed by atoms with Gasteiger partial charge in [-0.15, -0.1) is 0 Å². The molecule has 1 fully saturated rings. The average Bonchev–Trinajstić information content (AvgIpc) is 3.73. The first-order chi connectivity index (χ1) is 19.2. The van der Waals surface area contributed by atoms with E-state index >= 15 is 0 Å². The molecule has 1 aromatic carbocycles. The van der Waals surface area contributed by atoms with Gasteiger partial charge in [-0.25, -0.2) is 4.98 Å². The molecule has 1 aliphatic rings. The minimum absolute atomic E-state index is 0.0426. The molecule has 0 bridgehead atoms. The van der Waals surface area contributed by atoms with Crippen LogP contribution in [0.3, 0.4) is 0 Å². The van der Waals surface area contributed by atoms with Crippen molar-refractivity contribution >= 4 is 33.5 Å². The highest BCUT2D eigenvalue weighted by Crippen LogP contribution is 2.33. The number of carbonyl (C=O) groups excluding carboxylic acids is 1. The summed E-state index contributed by atoms with van der Waals surface area (Å²) in [7, 11) is 0. The van der Waals surface area contributed by atoms with Crippen LogP contribution in [-0.2, 0) is 4.79 Å². The van der Waals surface area contributed by atoms with Crippen molar-refractivity contribution < 1.29 is 9.21 Å². The highest BCUT2D eigenvalue weighted by atomic mass is 16.3. The third kappa shape index (κ3) is 4.56. The van der Waals surface area contributed by atoms with Crippen molar-refractivity contribution in [2.45, 2.75) is 38.5 Å². The molecule has 1 amide bonds. The number of pyridine rings is 2. The molecule has 0 unspecified atom stereocenters. The summed E-state index contributed by atoms with van der Waals surface area (Å²) in [4.78, 5) is 30.0. The van der Waals surface area contributed by atoms with Gasteiger partial charge < -0.3 is 14.7 Å². The van der Waals surface area contributed by atoms with Crippen LogP contribution in [0.5, 0.6) is 0 Å². The van der Waals surface area contributed by atoms with E-state index in [0.29, 0.717) is 29.5 Å². The van der Waals surface area contributed by atoms with Gasteiger partial charge in [0.05, 0.1) is 52.9 Å². The fraction of sp³-hybridized carbons (Fsp3) is 0.233. The smallest absolute Gasteiger partial charge is 0.224 e. The van der Waals surface area contributed by atoms with Gasteiger partial charge in [-0.3, -0.25) is 19.9 Å². The van der Waals surface area contributed by atoms with Gasteiger partial charge in [0.2, 0.25) is 5.91 Å². The van der Waals surface area contributed by atoms with Gasteiger partial charge in [0.1, 0.15) is 5.69 Å². The molecule has 0 aliphatic heterocycles. The fourth-order valence-corrected chi connectivity index (χ4v) is 5.56. The Balaban J connectivity index is 1.19. The van der Waals surface area contributed by atoms with Crippen LogP contribution in [0.1, 0.15) is 38.5 Å². The predicted octanol–water partition coefficient (Wildman–Crippen LogP) is 6.73. The lowest BCUT2D eigenvalue weighted by Crippen LogP contribution is -2.18. The van der Waals surface area contributed by atoms with Crippen molar-refractivity contribution in [3.63, 3.8) is 0 Å². The number of aromatic nitrogens is 6. The Kier molecular flexibility index (Phi) is 5.88. The van der Waals surface area contributed by atoms with E-state index < -0.39 is 0 Å². The number of H-pyrrole nitrogens is 2. The number of hydrogen-bond donors (Lipinski definition) is 3. The van der Waals surface area contributed by atoms with Crippen molar-refractivity contribution in [2.75, 3.05) is 5.32 Å². The van der Waals surface area contributed by atoms with E-state index in [9.17, 15) is 4.79 Å². The van der Waals surface area contributed by atoms with Crippen molar-refractivity contribution in [1.29, 1.82) is 0 Å². The normalized spacial score (nSPS) is 14.3. The van der Waals surface area contributed by atoms with Gasteiger partial charge in [-0.1, -0.05) is 31.4 Å². The molecule has 0 radical (unpaired) electrons. The van der Waals surface area contributed by atoms with Crippen LogP contribution in [0.4, 0.5) is 5.69 Å². The van der Waals surface area contributed by atoms with E-state index in [-0.39, 0.29) is 5.91 Å². The van der Waals surface area contributed by atoms with Crippen LogP contribution in [0, 0.1) is 5.92 Å². The summed E-state index contributed by atoms with van der Waals surface area (Å²) >= 11 is 0. The summed E-state index contributed by atoms with van der Waals surface area (Å²) in [6.07, 6.45) is 15.1. The van der Waals surface area contributed by atoms with Crippen LogP contribution in [0.2, 0.25) is 0 Å². The zero-order valence-corrected chi connectivity index (χ0v) is 21.3. The molecular weight excluding hydrogens is 490 g/mol. The maximum Gasteiger partial charge on any atom is 0.224 e. The van der Waals surface area contributed by atoms with E-state index in [2.05, 4.69) is 30.5 Å². The molecule has 9 nitrogen and oxygen atoms in total. The SMILES string of the molecule is O=C(CC1CCCCC1)Nc1cncc(-c2cc3c(-c4nc5c(-c6ccoc6)cccc5[nH]4)n[nH]c3cn2)c1. The molecule has 0 saturated heterocycles. The summed E-state index contributed by atoms with van der Waals surface area (Å²) in [6, 6.07) is 11.8. The Labute approximate surface area is 224 Å². The first-order valence-electron chi connectivity index (χ1n) is 13.3. The fourth-order valence-electron chi connectivity index (χ4n) is 5.56. The summed E-state index contributed by atoms with van der Waals surface area (Å²) in [5, 5.41) is 11.5. The van der Waals surface area contributed by atoms with E-state index in [1.54, 1.807) is 31.1 Å². The van der Waals surface area contributed by atoms with E-state index in [1.807, 2.05) is 36.4 Å². The number of fused-ring (bicyclic) bond motifs is 2. The number of rotatable bonds is 6. The zero-order chi connectivity index (χ0) is 26.2. The minimum Gasteiger partial charge on any atom is -0.472 e. The van der Waals surface area contributed by atoms with Crippen molar-refractivity contribution in [2.24, 2.45) is 5.92 Å². The van der Waals surface area contributed by atoms with Crippen LogP contribution in [0.25, 0.3) is 55.8 Å². The summed E-state index contributed by atoms with van der Waals surface area (Å²) in [6.45, 7) is 0. The number of nitrogens with zero attached hydrogens (tertiary/aromatic N) is 4. The quantitative estimate of drug-likeness (QED) is 0.225. The molecule has 0 atom stereocenters. The molecule has 6 aromatic rings. The molecule has 3 N–H and O–H groups in total. The van der Waals surface area contributed by atoms with Gasteiger partial charge in [0, 0.05) is 34.7 Å². The number of amides is 1. The van der Waals surface area contributed by atoms with Gasteiger partial charge in [0.15, 0.2) is 5.82 Å². The Morgan fingerprint density at radius 1 is 1.03 bits per heavy atom. The van der Waals surface area contributed by atoms with Crippen LogP contribution >= 0.6 is 0 Å². The van der Waals surface area contributed by atoms with Crippen LogP contribution in [-0.4, -0.2) is 36.0 Å². The zero-order valence-electron chi connectivity index (χ0n) is 21.3. The molecule has 7 rings (SSSR count). The van der Waals surface area contributed by atoms with Gasteiger partial charge >= 0.3 is 0 Å². The number of furan rings is 1. The molecular formula is C30H27N7O2. The number of aromatic amines is 2. The Morgan fingerprint density at radius 3 is 2.82 bits per heavy atom. The van der Waals surface area contributed by atoms with E-state index in [4.69, 9.17) is 9.40 Å². The maximum absolute atomic E-state index is 12.7. The highest BCUT2D eigenvalue weighted by Gasteiger charge is 2.19. The first kappa shape index (κ1) is 23.3. The van der Waals surface area contributed by atoms with Crippen molar-refractivity contribution in [1.82, 2.24) is 30.1 Å². The summed E-state index contributed by atoms with van der Waals surface area (Å²) in [5.74, 6) is 1.18. The monoisotopic (exact) mass is 517 g/mol. The molecule has 39 heavy (non-hydrogen) atoms. The number of hydrogen-bond acceptors (Lipinski definition) is 6. The predicted molar refractivity (Wildman–Crippen MR) is 150 cm³/mol. The van der Waals surface area contributed by atoms with Crippen LogP contribution in [0.15, 0.2) is 71.9 Å². The lowest BCUT2D eigenvalue weighted by atomic mass is 9.87. The topological polar surface area (TPSA) is 125 Å². The van der Waals surface area contributed by atoms with Crippen LogP contribution < -0.4 is 5.32 Å². The number of para-hydroxylation sites is 1. The minimum atomic E-state index is 0.0426. The second-order valence-corrected chi connectivity index (χ2v) is 10.2.